The van der Waals surface area contributed by atoms with Gasteiger partial charge in [-0.2, -0.15) is 13.2 Å². The molecule has 0 fully saturated rings. The lowest BCUT2D eigenvalue weighted by atomic mass is 9.95. The number of hydrogen-bond donors (Lipinski definition) is 1. The molecule has 2 aromatic rings. The summed E-state index contributed by atoms with van der Waals surface area (Å²) in [5, 5.41) is 0. The fraction of sp³-hybridized carbons (Fsp3) is 0.267. The molecule has 0 aliphatic rings. The molecule has 2 N–H and O–H groups in total. The van der Waals surface area contributed by atoms with E-state index in [1.54, 1.807) is 18.2 Å². The second-order valence-corrected chi connectivity index (χ2v) is 4.67. The van der Waals surface area contributed by atoms with Gasteiger partial charge in [-0.25, -0.2) is 0 Å². The van der Waals surface area contributed by atoms with Gasteiger partial charge in [0, 0.05) is 18.0 Å². The minimum atomic E-state index is -4.47. The number of aryl methyl sites for hydroxylation is 1. The molecule has 1 aromatic heterocycles. The Balaban J connectivity index is 2.48. The fourth-order valence-electron chi connectivity index (χ4n) is 2.12. The number of alkyl halides is 3. The summed E-state index contributed by atoms with van der Waals surface area (Å²) in [6, 6.07) is 5.10. The molecule has 0 aliphatic carbocycles. The standard InChI is InChI=1S/C15H15F3N2O/c1-9-3-4-10(7-13(9)21-2)14(19)11-8-20-6-5-12(11)15(16,17)18/h3-8,14H,19H2,1-2H3. The lowest BCUT2D eigenvalue weighted by molar-refractivity contribution is -0.138. The smallest absolute Gasteiger partial charge is 0.416 e. The summed E-state index contributed by atoms with van der Waals surface area (Å²) in [7, 11) is 1.50. The molecule has 3 nitrogen and oxygen atoms in total. The molecule has 0 saturated carbocycles. The molecular formula is C15H15F3N2O. The van der Waals surface area contributed by atoms with Crippen LogP contribution >= 0.6 is 0 Å². The van der Waals surface area contributed by atoms with E-state index in [9.17, 15) is 13.2 Å². The molecule has 1 atom stereocenters. The zero-order valence-electron chi connectivity index (χ0n) is 11.6. The summed E-state index contributed by atoms with van der Waals surface area (Å²) in [6.45, 7) is 1.85. The van der Waals surface area contributed by atoms with E-state index < -0.39 is 17.8 Å². The molecule has 6 heteroatoms. The molecule has 1 unspecified atom stereocenters. The van der Waals surface area contributed by atoms with Crippen molar-refractivity contribution >= 4 is 0 Å². The quantitative estimate of drug-likeness (QED) is 0.943. The first kappa shape index (κ1) is 15.3. The average molecular weight is 296 g/mol. The number of ether oxygens (including phenoxy) is 1. The number of benzene rings is 1. The van der Waals surface area contributed by atoms with Crippen LogP contribution in [-0.4, -0.2) is 12.1 Å². The highest BCUT2D eigenvalue weighted by Gasteiger charge is 2.35. The Morgan fingerprint density at radius 3 is 2.57 bits per heavy atom. The van der Waals surface area contributed by atoms with Crippen LogP contribution in [0.4, 0.5) is 13.2 Å². The van der Waals surface area contributed by atoms with Crippen molar-refractivity contribution in [3.05, 3.63) is 58.9 Å². The maximum absolute atomic E-state index is 13.0. The summed E-state index contributed by atoms with van der Waals surface area (Å²) in [5.41, 5.74) is 6.58. The van der Waals surface area contributed by atoms with E-state index >= 15 is 0 Å². The van der Waals surface area contributed by atoms with Crippen molar-refractivity contribution in [1.82, 2.24) is 4.98 Å². The first-order valence-electron chi connectivity index (χ1n) is 6.26. The zero-order valence-corrected chi connectivity index (χ0v) is 11.6. The molecule has 112 valence electrons. The third-order valence-electron chi connectivity index (χ3n) is 3.28. The Kier molecular flexibility index (Phi) is 4.18. The number of nitrogens with zero attached hydrogens (tertiary/aromatic N) is 1. The largest absolute Gasteiger partial charge is 0.496 e. The van der Waals surface area contributed by atoms with Crippen molar-refractivity contribution in [3.63, 3.8) is 0 Å². The highest BCUT2D eigenvalue weighted by Crippen LogP contribution is 2.36. The van der Waals surface area contributed by atoms with Crippen LogP contribution in [0.25, 0.3) is 0 Å². The summed E-state index contributed by atoms with van der Waals surface area (Å²) in [6.07, 6.45) is -2.21. The number of pyridine rings is 1. The van der Waals surface area contributed by atoms with Gasteiger partial charge in [0.15, 0.2) is 0 Å². The third-order valence-corrected chi connectivity index (χ3v) is 3.28. The molecule has 0 spiro atoms. The predicted octanol–water partition coefficient (Wildman–Crippen LogP) is 3.47. The minimum absolute atomic E-state index is 0.0593. The van der Waals surface area contributed by atoms with Gasteiger partial charge in [-0.1, -0.05) is 12.1 Å². The average Bonchev–Trinajstić information content (AvgIpc) is 2.46. The molecular weight excluding hydrogens is 281 g/mol. The van der Waals surface area contributed by atoms with Gasteiger partial charge in [-0.3, -0.25) is 4.98 Å². The van der Waals surface area contributed by atoms with E-state index in [1.165, 1.54) is 7.11 Å². The number of rotatable bonds is 3. The van der Waals surface area contributed by atoms with Crippen molar-refractivity contribution in [3.8, 4) is 5.75 Å². The van der Waals surface area contributed by atoms with Crippen molar-refractivity contribution in [1.29, 1.82) is 0 Å². The minimum Gasteiger partial charge on any atom is -0.496 e. The van der Waals surface area contributed by atoms with Crippen molar-refractivity contribution in [2.45, 2.75) is 19.1 Å². The van der Waals surface area contributed by atoms with Crippen LogP contribution in [0.2, 0.25) is 0 Å². The molecule has 0 bridgehead atoms. The highest BCUT2D eigenvalue weighted by atomic mass is 19.4. The molecule has 0 saturated heterocycles. The summed E-state index contributed by atoms with van der Waals surface area (Å²) in [4.78, 5) is 3.75. The van der Waals surface area contributed by atoms with Crippen molar-refractivity contribution < 1.29 is 17.9 Å². The van der Waals surface area contributed by atoms with Gasteiger partial charge in [0.1, 0.15) is 5.75 Å². The monoisotopic (exact) mass is 296 g/mol. The van der Waals surface area contributed by atoms with Gasteiger partial charge in [-0.05, 0) is 30.2 Å². The van der Waals surface area contributed by atoms with E-state index in [0.717, 1.165) is 24.0 Å². The molecule has 1 aromatic carbocycles. The van der Waals surface area contributed by atoms with Gasteiger partial charge in [0.2, 0.25) is 0 Å². The fourth-order valence-corrected chi connectivity index (χ4v) is 2.12. The van der Waals surface area contributed by atoms with E-state index in [2.05, 4.69) is 4.98 Å². The van der Waals surface area contributed by atoms with Gasteiger partial charge < -0.3 is 10.5 Å². The van der Waals surface area contributed by atoms with Crippen LogP contribution in [0.15, 0.2) is 36.7 Å². The topological polar surface area (TPSA) is 48.1 Å². The van der Waals surface area contributed by atoms with Gasteiger partial charge >= 0.3 is 6.18 Å². The SMILES string of the molecule is COc1cc(C(N)c2cnccc2C(F)(F)F)ccc1C. The Bertz CT molecular complexity index is 641. The van der Waals surface area contributed by atoms with Crippen molar-refractivity contribution in [2.75, 3.05) is 7.11 Å². The molecule has 2 rings (SSSR count). The van der Waals surface area contributed by atoms with Crippen LogP contribution in [0.1, 0.15) is 28.3 Å². The summed E-state index contributed by atoms with van der Waals surface area (Å²) in [5.74, 6) is 0.584. The summed E-state index contributed by atoms with van der Waals surface area (Å²) >= 11 is 0. The second-order valence-electron chi connectivity index (χ2n) is 4.67. The number of halogens is 3. The Morgan fingerprint density at radius 1 is 1.24 bits per heavy atom. The number of aromatic nitrogens is 1. The lowest BCUT2D eigenvalue weighted by Crippen LogP contribution is -2.19. The lowest BCUT2D eigenvalue weighted by Gasteiger charge is -2.19. The normalized spacial score (nSPS) is 13.0. The van der Waals surface area contributed by atoms with E-state index in [0.29, 0.717) is 11.3 Å². The zero-order chi connectivity index (χ0) is 15.6. The number of methoxy groups -OCH3 is 1. The maximum atomic E-state index is 13.0. The molecule has 1 heterocycles. The van der Waals surface area contributed by atoms with Crippen LogP contribution in [-0.2, 0) is 6.18 Å². The molecule has 0 radical (unpaired) electrons. The first-order valence-corrected chi connectivity index (χ1v) is 6.26. The van der Waals surface area contributed by atoms with Crippen LogP contribution in [0, 0.1) is 6.92 Å². The predicted molar refractivity (Wildman–Crippen MR) is 73.0 cm³/mol. The van der Waals surface area contributed by atoms with Crippen LogP contribution < -0.4 is 10.5 Å². The Hall–Kier alpha value is -2.08. The van der Waals surface area contributed by atoms with E-state index in [-0.39, 0.29) is 5.56 Å². The second kappa shape index (κ2) is 5.73. The number of hydrogen-bond acceptors (Lipinski definition) is 3. The highest BCUT2D eigenvalue weighted by molar-refractivity contribution is 5.42. The van der Waals surface area contributed by atoms with Crippen molar-refractivity contribution in [2.24, 2.45) is 5.73 Å². The van der Waals surface area contributed by atoms with E-state index in [1.807, 2.05) is 6.92 Å². The molecule has 0 amide bonds. The van der Waals surface area contributed by atoms with E-state index in [4.69, 9.17) is 10.5 Å². The third kappa shape index (κ3) is 3.16. The van der Waals surface area contributed by atoms with Crippen LogP contribution in [0.5, 0.6) is 5.75 Å². The van der Waals surface area contributed by atoms with Gasteiger partial charge in [-0.15, -0.1) is 0 Å². The van der Waals surface area contributed by atoms with Gasteiger partial charge in [0.05, 0.1) is 18.7 Å². The molecule has 0 aliphatic heterocycles. The Labute approximate surface area is 120 Å². The molecule has 21 heavy (non-hydrogen) atoms. The Morgan fingerprint density at radius 2 is 1.95 bits per heavy atom. The summed E-state index contributed by atoms with van der Waals surface area (Å²) < 4.78 is 44.3. The first-order chi connectivity index (χ1) is 9.84. The number of nitrogens with two attached hydrogens (primary N) is 1. The maximum Gasteiger partial charge on any atom is 0.416 e. The van der Waals surface area contributed by atoms with Crippen LogP contribution in [0.3, 0.4) is 0 Å². The van der Waals surface area contributed by atoms with Gasteiger partial charge in [0.25, 0.3) is 0 Å².